The number of nitrogens with zero attached hydrogens (tertiary/aromatic N) is 2. The highest BCUT2D eigenvalue weighted by molar-refractivity contribution is 5.60. The molecular formula is C11H9FN2O. The number of halogens is 1. The number of pyridine rings is 2. The normalized spacial score (nSPS) is 10.3. The predicted octanol–water partition coefficient (Wildman–Crippen LogP) is 1.59. The molecule has 0 bridgehead atoms. The van der Waals surface area contributed by atoms with E-state index in [1.165, 1.54) is 16.8 Å². The molecule has 0 fully saturated rings. The van der Waals surface area contributed by atoms with E-state index in [9.17, 15) is 9.18 Å². The molecule has 0 aliphatic heterocycles. The second kappa shape index (κ2) is 3.65. The van der Waals surface area contributed by atoms with Gasteiger partial charge >= 0.3 is 0 Å². The molecule has 2 aromatic heterocycles. The summed E-state index contributed by atoms with van der Waals surface area (Å²) in [5.74, 6) is -0.446. The van der Waals surface area contributed by atoms with Crippen LogP contribution in [0.5, 0.6) is 0 Å². The van der Waals surface area contributed by atoms with Crippen molar-refractivity contribution in [3.8, 4) is 11.1 Å². The Labute approximate surface area is 85.8 Å². The molecule has 4 heteroatoms. The smallest absolute Gasteiger partial charge is 0.258 e. The fourth-order valence-electron chi connectivity index (χ4n) is 1.38. The molecular weight excluding hydrogens is 195 g/mol. The van der Waals surface area contributed by atoms with E-state index < -0.39 is 5.82 Å². The molecule has 3 nitrogen and oxygen atoms in total. The first-order valence-corrected chi connectivity index (χ1v) is 4.45. The first-order chi connectivity index (χ1) is 7.18. The Morgan fingerprint density at radius 3 is 2.93 bits per heavy atom. The summed E-state index contributed by atoms with van der Waals surface area (Å²) < 4.78 is 14.4. The van der Waals surface area contributed by atoms with Gasteiger partial charge in [-0.15, -0.1) is 0 Å². The lowest BCUT2D eigenvalue weighted by Gasteiger charge is -2.02. The van der Waals surface area contributed by atoms with E-state index in [4.69, 9.17) is 0 Å². The van der Waals surface area contributed by atoms with Crippen molar-refractivity contribution in [1.82, 2.24) is 9.55 Å². The van der Waals surface area contributed by atoms with Gasteiger partial charge in [-0.05, 0) is 18.2 Å². The molecule has 2 heterocycles. The van der Waals surface area contributed by atoms with Gasteiger partial charge in [0.15, 0.2) is 0 Å². The fraction of sp³-hybridized carbons (Fsp3) is 0.0909. The molecule has 0 aromatic carbocycles. The van der Waals surface area contributed by atoms with E-state index in [1.807, 2.05) is 0 Å². The lowest BCUT2D eigenvalue weighted by molar-refractivity contribution is 0.622. The van der Waals surface area contributed by atoms with Crippen LogP contribution in [0.2, 0.25) is 0 Å². The van der Waals surface area contributed by atoms with Crippen LogP contribution in [-0.2, 0) is 7.05 Å². The van der Waals surface area contributed by atoms with E-state index in [0.29, 0.717) is 11.1 Å². The van der Waals surface area contributed by atoms with Crippen LogP contribution in [0.4, 0.5) is 4.39 Å². The zero-order valence-electron chi connectivity index (χ0n) is 8.14. The first-order valence-electron chi connectivity index (χ1n) is 4.45. The minimum absolute atomic E-state index is 0.162. The molecule has 0 saturated heterocycles. The third-order valence-corrected chi connectivity index (χ3v) is 2.14. The minimum Gasteiger partial charge on any atom is -0.318 e. The van der Waals surface area contributed by atoms with Crippen molar-refractivity contribution in [2.45, 2.75) is 0 Å². The predicted molar refractivity (Wildman–Crippen MR) is 54.9 cm³/mol. The van der Waals surface area contributed by atoms with Gasteiger partial charge in [-0.2, -0.15) is 0 Å². The SMILES string of the molecule is Cn1cccc(-c2cncc(F)c2)c1=O. The Bertz CT molecular complexity index is 548. The standard InChI is InChI=1S/C11H9FN2O/c1-14-4-2-3-10(11(14)15)8-5-9(12)7-13-6-8/h2-7H,1H3. The Hall–Kier alpha value is -1.97. The highest BCUT2D eigenvalue weighted by Crippen LogP contribution is 2.14. The number of hydrogen-bond donors (Lipinski definition) is 0. The van der Waals surface area contributed by atoms with Crippen LogP contribution in [0.25, 0.3) is 11.1 Å². The van der Waals surface area contributed by atoms with Crippen molar-refractivity contribution >= 4 is 0 Å². The third-order valence-electron chi connectivity index (χ3n) is 2.14. The van der Waals surface area contributed by atoms with E-state index >= 15 is 0 Å². The molecule has 0 saturated carbocycles. The maximum absolute atomic E-state index is 12.9. The van der Waals surface area contributed by atoms with Crippen molar-refractivity contribution in [3.63, 3.8) is 0 Å². The Kier molecular flexibility index (Phi) is 2.33. The van der Waals surface area contributed by atoms with Gasteiger partial charge in [0.2, 0.25) is 0 Å². The summed E-state index contributed by atoms with van der Waals surface area (Å²) in [5, 5.41) is 0. The average Bonchev–Trinajstić information content (AvgIpc) is 2.22. The van der Waals surface area contributed by atoms with E-state index in [1.54, 1.807) is 25.4 Å². The minimum atomic E-state index is -0.446. The van der Waals surface area contributed by atoms with Crippen LogP contribution in [0.15, 0.2) is 41.6 Å². The van der Waals surface area contributed by atoms with Crippen molar-refractivity contribution in [3.05, 3.63) is 53.0 Å². The highest BCUT2D eigenvalue weighted by Gasteiger charge is 2.04. The van der Waals surface area contributed by atoms with Gasteiger partial charge < -0.3 is 4.57 Å². The second-order valence-corrected chi connectivity index (χ2v) is 3.23. The molecule has 2 aromatic rings. The summed E-state index contributed by atoms with van der Waals surface area (Å²) >= 11 is 0. The summed E-state index contributed by atoms with van der Waals surface area (Å²) in [4.78, 5) is 15.4. The molecule has 0 unspecified atom stereocenters. The Morgan fingerprint density at radius 2 is 2.20 bits per heavy atom. The maximum Gasteiger partial charge on any atom is 0.258 e. The van der Waals surface area contributed by atoms with Gasteiger partial charge in [0, 0.05) is 30.6 Å². The summed E-state index contributed by atoms with van der Waals surface area (Å²) in [5.41, 5.74) is 0.785. The largest absolute Gasteiger partial charge is 0.318 e. The molecule has 0 radical (unpaired) electrons. The Balaban J connectivity index is 2.65. The van der Waals surface area contributed by atoms with Gasteiger partial charge in [0.1, 0.15) is 5.82 Å². The fourth-order valence-corrected chi connectivity index (χ4v) is 1.38. The van der Waals surface area contributed by atoms with Gasteiger partial charge in [0.25, 0.3) is 5.56 Å². The van der Waals surface area contributed by atoms with E-state index in [-0.39, 0.29) is 5.56 Å². The average molecular weight is 204 g/mol. The number of rotatable bonds is 1. The molecule has 76 valence electrons. The zero-order chi connectivity index (χ0) is 10.8. The molecule has 0 amide bonds. The van der Waals surface area contributed by atoms with Crippen LogP contribution in [0, 0.1) is 5.82 Å². The van der Waals surface area contributed by atoms with Gasteiger partial charge in [0.05, 0.1) is 6.20 Å². The van der Waals surface area contributed by atoms with Crippen LogP contribution >= 0.6 is 0 Å². The number of aryl methyl sites for hydroxylation is 1. The van der Waals surface area contributed by atoms with Crippen molar-refractivity contribution in [2.75, 3.05) is 0 Å². The summed E-state index contributed by atoms with van der Waals surface area (Å²) in [7, 11) is 1.65. The van der Waals surface area contributed by atoms with Crippen molar-refractivity contribution < 1.29 is 4.39 Å². The molecule has 0 aliphatic carbocycles. The number of aromatic nitrogens is 2. The second-order valence-electron chi connectivity index (χ2n) is 3.23. The monoisotopic (exact) mass is 204 g/mol. The summed E-state index contributed by atoms with van der Waals surface area (Å²) in [6, 6.07) is 4.68. The lowest BCUT2D eigenvalue weighted by Crippen LogP contribution is -2.17. The molecule has 0 atom stereocenters. The molecule has 15 heavy (non-hydrogen) atoms. The van der Waals surface area contributed by atoms with E-state index in [0.717, 1.165) is 6.20 Å². The molecule has 0 spiro atoms. The number of hydrogen-bond acceptors (Lipinski definition) is 2. The van der Waals surface area contributed by atoms with Crippen LogP contribution < -0.4 is 5.56 Å². The molecule has 0 N–H and O–H groups in total. The topological polar surface area (TPSA) is 34.9 Å². The maximum atomic E-state index is 12.9. The third kappa shape index (κ3) is 1.79. The van der Waals surface area contributed by atoms with Crippen LogP contribution in [-0.4, -0.2) is 9.55 Å². The zero-order valence-corrected chi connectivity index (χ0v) is 8.14. The molecule has 2 rings (SSSR count). The summed E-state index contributed by atoms with van der Waals surface area (Å²) in [6.45, 7) is 0. The quantitative estimate of drug-likeness (QED) is 0.707. The lowest BCUT2D eigenvalue weighted by atomic mass is 10.1. The van der Waals surface area contributed by atoms with Crippen molar-refractivity contribution in [2.24, 2.45) is 7.05 Å². The summed E-state index contributed by atoms with van der Waals surface area (Å²) in [6.07, 6.45) is 4.23. The van der Waals surface area contributed by atoms with Gasteiger partial charge in [-0.1, -0.05) is 0 Å². The van der Waals surface area contributed by atoms with Crippen molar-refractivity contribution in [1.29, 1.82) is 0 Å². The Morgan fingerprint density at radius 1 is 1.40 bits per heavy atom. The van der Waals surface area contributed by atoms with Crippen LogP contribution in [0.1, 0.15) is 0 Å². The van der Waals surface area contributed by atoms with Gasteiger partial charge in [-0.25, -0.2) is 4.39 Å². The van der Waals surface area contributed by atoms with Crippen LogP contribution in [0.3, 0.4) is 0 Å². The molecule has 0 aliphatic rings. The van der Waals surface area contributed by atoms with Gasteiger partial charge in [-0.3, -0.25) is 9.78 Å². The first kappa shape index (κ1) is 9.58. The highest BCUT2D eigenvalue weighted by atomic mass is 19.1. The van der Waals surface area contributed by atoms with E-state index in [2.05, 4.69) is 4.98 Å².